The average molecular weight is 481 g/mol. The lowest BCUT2D eigenvalue weighted by molar-refractivity contribution is -0.176. The first-order valence-corrected chi connectivity index (χ1v) is 10.7. The maximum atomic E-state index is 17.0. The number of fused-ring (bicyclic) bond motifs is 3. The molecule has 1 saturated carbocycles. The Labute approximate surface area is 199 Å². The van der Waals surface area contributed by atoms with Gasteiger partial charge in [0.2, 0.25) is 5.67 Å². The number of nitrogens with zero attached hydrogens (tertiary/aromatic N) is 2. The van der Waals surface area contributed by atoms with Gasteiger partial charge in [-0.05, 0) is 23.3 Å². The van der Waals surface area contributed by atoms with E-state index >= 15 is 4.39 Å². The van der Waals surface area contributed by atoms with E-state index in [1.54, 1.807) is 30.3 Å². The fourth-order valence-electron chi connectivity index (χ4n) is 5.33. The summed E-state index contributed by atoms with van der Waals surface area (Å²) in [5, 5.41) is 33.1. The van der Waals surface area contributed by atoms with Gasteiger partial charge in [-0.1, -0.05) is 54.1 Å². The summed E-state index contributed by atoms with van der Waals surface area (Å²) in [6.45, 7) is 0. The molecule has 1 fully saturated rings. The van der Waals surface area contributed by atoms with E-state index in [1.165, 1.54) is 36.5 Å². The smallest absolute Gasteiger partial charge is 0.347 e. The van der Waals surface area contributed by atoms with Crippen LogP contribution in [-0.2, 0) is 20.7 Å². The number of hydrogen-bond acceptors (Lipinski definition) is 7. The minimum Gasteiger partial charge on any atom is -0.476 e. The molecule has 2 heterocycles. The Balaban J connectivity index is 1.91. The first-order valence-electron chi connectivity index (χ1n) is 10.3. The lowest BCUT2D eigenvalue weighted by atomic mass is 9.71. The number of aliphatic hydroxyl groups is 2. The number of ether oxygens (including phenoxy) is 2. The molecule has 1 unspecified atom stereocenters. The van der Waals surface area contributed by atoms with Gasteiger partial charge in [0.15, 0.2) is 11.2 Å². The third kappa shape index (κ3) is 2.57. The van der Waals surface area contributed by atoms with Crippen molar-refractivity contribution in [1.82, 2.24) is 4.98 Å². The third-order valence-corrected chi connectivity index (χ3v) is 6.92. The molecule has 5 rings (SSSR count). The fourth-order valence-corrected chi connectivity index (χ4v) is 5.48. The van der Waals surface area contributed by atoms with E-state index in [4.69, 9.17) is 21.1 Å². The summed E-state index contributed by atoms with van der Waals surface area (Å²) < 4.78 is 28.1. The quantitative estimate of drug-likeness (QED) is 0.554. The molecule has 5 atom stereocenters. The zero-order valence-corrected chi connectivity index (χ0v) is 18.5. The van der Waals surface area contributed by atoms with Crippen LogP contribution in [0.1, 0.15) is 28.3 Å². The number of benzene rings is 2. The highest BCUT2D eigenvalue weighted by Gasteiger charge is 2.85. The number of nitriles is 1. The van der Waals surface area contributed by atoms with E-state index in [1.807, 2.05) is 6.07 Å². The largest absolute Gasteiger partial charge is 0.476 e. The Morgan fingerprint density at radius 2 is 1.91 bits per heavy atom. The van der Waals surface area contributed by atoms with E-state index in [9.17, 15) is 20.3 Å². The molecule has 172 valence electrons. The molecule has 2 N–H and O–H groups in total. The molecule has 0 saturated heterocycles. The number of methoxy groups -OCH3 is 1. The third-order valence-electron chi connectivity index (χ3n) is 6.71. The number of hydrogen-bond donors (Lipinski definition) is 2. The molecule has 0 bridgehead atoms. The monoisotopic (exact) mass is 480 g/mol. The number of halogens is 2. The predicted octanol–water partition coefficient (Wildman–Crippen LogP) is 3.12. The molecule has 0 amide bonds. The van der Waals surface area contributed by atoms with Crippen LogP contribution in [0.3, 0.4) is 0 Å². The normalized spacial score (nSPS) is 31.2. The van der Waals surface area contributed by atoms with Crippen LogP contribution >= 0.6 is 11.6 Å². The van der Waals surface area contributed by atoms with Gasteiger partial charge in [-0.25, -0.2) is 9.18 Å². The van der Waals surface area contributed by atoms with E-state index in [0.717, 1.165) is 7.11 Å². The molecule has 0 spiro atoms. The molecule has 3 aromatic rings. The van der Waals surface area contributed by atoms with Crippen LogP contribution < -0.4 is 4.74 Å². The lowest BCUT2D eigenvalue weighted by Crippen LogP contribution is -2.53. The van der Waals surface area contributed by atoms with Crippen molar-refractivity contribution in [3.63, 3.8) is 0 Å². The van der Waals surface area contributed by atoms with Crippen molar-refractivity contribution in [3.05, 3.63) is 94.3 Å². The SMILES string of the molecule is COC(=O)C1(F)[C@@H](O)[C@@]2(O)c3ncc(Cl)cc3O[C@@]2(c2ccc(C#N)cc2)[C@@H]1c1ccccc1. The molecular formula is C25H18ClFN2O5. The van der Waals surface area contributed by atoms with Crippen molar-refractivity contribution in [1.29, 1.82) is 5.26 Å². The maximum Gasteiger partial charge on any atom is 0.347 e. The summed E-state index contributed by atoms with van der Waals surface area (Å²) >= 11 is 6.10. The van der Waals surface area contributed by atoms with Crippen LogP contribution in [0.5, 0.6) is 5.75 Å². The number of pyridine rings is 1. The molecule has 1 aliphatic heterocycles. The first kappa shape index (κ1) is 22.3. The van der Waals surface area contributed by atoms with Crippen molar-refractivity contribution in [3.8, 4) is 11.8 Å². The highest BCUT2D eigenvalue weighted by molar-refractivity contribution is 6.30. The average Bonchev–Trinajstić information content (AvgIpc) is 3.20. The van der Waals surface area contributed by atoms with Crippen LogP contribution in [0.4, 0.5) is 4.39 Å². The first-order chi connectivity index (χ1) is 16.2. The van der Waals surface area contributed by atoms with Crippen molar-refractivity contribution >= 4 is 17.6 Å². The summed E-state index contributed by atoms with van der Waals surface area (Å²) in [4.78, 5) is 17.1. The molecule has 2 aliphatic rings. The van der Waals surface area contributed by atoms with Gasteiger partial charge in [0.05, 0.1) is 29.7 Å². The number of rotatable bonds is 3. The van der Waals surface area contributed by atoms with Gasteiger partial charge in [-0.3, -0.25) is 4.98 Å². The molecule has 1 aliphatic carbocycles. The zero-order valence-electron chi connectivity index (χ0n) is 17.8. The van der Waals surface area contributed by atoms with Gasteiger partial charge < -0.3 is 19.7 Å². The highest BCUT2D eigenvalue weighted by Crippen LogP contribution is 2.70. The molecule has 7 nitrogen and oxygen atoms in total. The minimum atomic E-state index is -3.13. The van der Waals surface area contributed by atoms with Gasteiger partial charge in [0, 0.05) is 12.3 Å². The van der Waals surface area contributed by atoms with Crippen molar-refractivity contribution in [2.75, 3.05) is 7.11 Å². The van der Waals surface area contributed by atoms with Crippen LogP contribution in [0.15, 0.2) is 66.9 Å². The van der Waals surface area contributed by atoms with Crippen LogP contribution in [0.2, 0.25) is 5.02 Å². The number of carbonyl (C=O) groups excluding carboxylic acids is 1. The topological polar surface area (TPSA) is 113 Å². The van der Waals surface area contributed by atoms with E-state index in [2.05, 4.69) is 4.98 Å². The Morgan fingerprint density at radius 3 is 2.53 bits per heavy atom. The van der Waals surface area contributed by atoms with E-state index in [0.29, 0.717) is 5.56 Å². The Hall–Kier alpha value is -3.51. The van der Waals surface area contributed by atoms with E-state index < -0.39 is 34.9 Å². The number of aromatic nitrogens is 1. The van der Waals surface area contributed by atoms with Crippen LogP contribution in [0, 0.1) is 11.3 Å². The van der Waals surface area contributed by atoms with E-state index in [-0.39, 0.29) is 27.6 Å². The number of esters is 1. The second kappa shape index (κ2) is 7.50. The number of alkyl halides is 1. The Morgan fingerprint density at radius 1 is 1.24 bits per heavy atom. The molecule has 9 heteroatoms. The van der Waals surface area contributed by atoms with Crippen molar-refractivity contribution < 1.29 is 28.9 Å². The minimum absolute atomic E-state index is 0.0336. The Kier molecular flexibility index (Phi) is 4.92. The van der Waals surface area contributed by atoms with Crippen molar-refractivity contribution in [2.45, 2.75) is 28.9 Å². The lowest BCUT2D eigenvalue weighted by Gasteiger charge is -2.40. The number of carbonyl (C=O) groups is 1. The standard InChI is InChI=1S/C25H18ClFN2O5/c1-33-22(31)23(27)19(15-5-3-2-4-6-15)25(16-9-7-14(12-28)8-10-16)24(32,21(23)30)20-18(34-25)11-17(26)13-29-20/h2-11,13,19,21,30,32H,1H3/t19-,21-,23?,24+,25+/m1/s1. The summed E-state index contributed by atoms with van der Waals surface area (Å²) in [6, 6.07) is 17.5. The molecule has 0 radical (unpaired) electrons. The number of aliphatic hydroxyl groups excluding tert-OH is 1. The molecular weight excluding hydrogens is 463 g/mol. The molecule has 34 heavy (non-hydrogen) atoms. The van der Waals surface area contributed by atoms with Gasteiger partial charge in [0.1, 0.15) is 17.5 Å². The van der Waals surface area contributed by atoms with Gasteiger partial charge in [0.25, 0.3) is 0 Å². The van der Waals surface area contributed by atoms with Crippen LogP contribution in [0.25, 0.3) is 0 Å². The molecule has 2 aromatic carbocycles. The van der Waals surface area contributed by atoms with Gasteiger partial charge in [-0.2, -0.15) is 5.26 Å². The second-order valence-electron chi connectivity index (χ2n) is 8.30. The van der Waals surface area contributed by atoms with Gasteiger partial charge >= 0.3 is 5.97 Å². The molecule has 1 aromatic heterocycles. The zero-order chi connectivity index (χ0) is 24.3. The second-order valence-corrected chi connectivity index (χ2v) is 8.74. The van der Waals surface area contributed by atoms with Crippen LogP contribution in [-0.4, -0.2) is 40.0 Å². The summed E-state index contributed by atoms with van der Waals surface area (Å²) in [5.74, 6) is -2.91. The predicted molar refractivity (Wildman–Crippen MR) is 118 cm³/mol. The highest BCUT2D eigenvalue weighted by atomic mass is 35.5. The van der Waals surface area contributed by atoms with Crippen molar-refractivity contribution in [2.24, 2.45) is 0 Å². The summed E-state index contributed by atoms with van der Waals surface area (Å²) in [6.07, 6.45) is -1.10. The summed E-state index contributed by atoms with van der Waals surface area (Å²) in [7, 11) is 0.998. The Bertz CT molecular complexity index is 1330. The summed E-state index contributed by atoms with van der Waals surface area (Å²) in [5.41, 5.74) is -7.08. The van der Waals surface area contributed by atoms with Gasteiger partial charge in [-0.15, -0.1) is 0 Å². The fraction of sp³-hybridized carbons (Fsp3) is 0.240. The maximum absolute atomic E-state index is 17.0.